The Morgan fingerprint density at radius 2 is 1.79 bits per heavy atom. The molecule has 0 unspecified atom stereocenters. The van der Waals surface area contributed by atoms with Crippen molar-refractivity contribution >= 4 is 11.8 Å². The summed E-state index contributed by atoms with van der Waals surface area (Å²) in [5, 5.41) is 7.00. The molecular formula is C16H25N5O3. The first-order valence-electron chi connectivity index (χ1n) is 8.86. The number of aromatic nitrogens is 3. The zero-order valence-electron chi connectivity index (χ0n) is 14.0. The molecule has 132 valence electrons. The average molecular weight is 335 g/mol. The van der Waals surface area contributed by atoms with Gasteiger partial charge in [0.25, 0.3) is 0 Å². The van der Waals surface area contributed by atoms with Crippen molar-refractivity contribution in [3.8, 4) is 0 Å². The third-order valence-electron chi connectivity index (χ3n) is 4.69. The minimum absolute atomic E-state index is 0.0821. The van der Waals surface area contributed by atoms with E-state index in [4.69, 9.17) is 0 Å². The van der Waals surface area contributed by atoms with Crippen LogP contribution in [0.15, 0.2) is 4.79 Å². The number of nitrogens with zero attached hydrogens (tertiary/aromatic N) is 4. The second-order valence-electron chi connectivity index (χ2n) is 6.51. The molecule has 0 radical (unpaired) electrons. The van der Waals surface area contributed by atoms with Gasteiger partial charge in [-0.2, -0.15) is 5.10 Å². The first-order valence-corrected chi connectivity index (χ1v) is 8.86. The van der Waals surface area contributed by atoms with Crippen molar-refractivity contribution in [3.05, 3.63) is 16.3 Å². The van der Waals surface area contributed by atoms with Gasteiger partial charge in [-0.3, -0.25) is 14.2 Å². The quantitative estimate of drug-likeness (QED) is 0.814. The van der Waals surface area contributed by atoms with Crippen molar-refractivity contribution in [2.24, 2.45) is 0 Å². The normalized spacial score (nSPS) is 17.4. The predicted molar refractivity (Wildman–Crippen MR) is 87.5 cm³/mol. The maximum Gasteiger partial charge on any atom is 0.346 e. The highest BCUT2D eigenvalue weighted by Crippen LogP contribution is 2.10. The summed E-state index contributed by atoms with van der Waals surface area (Å²) >= 11 is 0. The Kier molecular flexibility index (Phi) is 5.32. The van der Waals surface area contributed by atoms with Gasteiger partial charge in [0.05, 0.1) is 0 Å². The minimum Gasteiger partial charge on any atom is -0.354 e. The number of carbonyl (C=O) groups excluding carboxylic acids is 2. The van der Waals surface area contributed by atoms with E-state index in [1.165, 1.54) is 4.68 Å². The summed E-state index contributed by atoms with van der Waals surface area (Å²) in [5.41, 5.74) is -0.213. The van der Waals surface area contributed by atoms with Gasteiger partial charge in [-0.25, -0.2) is 9.48 Å². The molecule has 1 aromatic rings. The van der Waals surface area contributed by atoms with Crippen LogP contribution in [0.25, 0.3) is 0 Å². The molecule has 8 nitrogen and oxygen atoms in total. The molecule has 24 heavy (non-hydrogen) atoms. The van der Waals surface area contributed by atoms with Crippen LogP contribution in [-0.4, -0.2) is 50.7 Å². The molecule has 2 aliphatic rings. The van der Waals surface area contributed by atoms with E-state index < -0.39 is 0 Å². The largest absolute Gasteiger partial charge is 0.354 e. The summed E-state index contributed by atoms with van der Waals surface area (Å²) in [4.78, 5) is 38.0. The summed E-state index contributed by atoms with van der Waals surface area (Å²) in [6.45, 7) is 2.54. The number of rotatable bonds is 5. The molecule has 0 spiro atoms. The van der Waals surface area contributed by atoms with Crippen molar-refractivity contribution in [3.63, 3.8) is 0 Å². The smallest absolute Gasteiger partial charge is 0.346 e. The second kappa shape index (κ2) is 7.63. The molecule has 8 heteroatoms. The Labute approximate surface area is 140 Å². The number of nitrogens with one attached hydrogen (secondary N) is 1. The summed E-state index contributed by atoms with van der Waals surface area (Å²) in [6.07, 6.45) is 6.32. The van der Waals surface area contributed by atoms with Crippen LogP contribution in [0.1, 0.15) is 44.3 Å². The van der Waals surface area contributed by atoms with E-state index in [1.54, 1.807) is 4.57 Å². The van der Waals surface area contributed by atoms with Gasteiger partial charge in [0.15, 0.2) is 0 Å². The van der Waals surface area contributed by atoms with Gasteiger partial charge in [-0.05, 0) is 25.7 Å². The van der Waals surface area contributed by atoms with Gasteiger partial charge < -0.3 is 10.2 Å². The Hall–Kier alpha value is -2.12. The average Bonchev–Trinajstić information content (AvgIpc) is 3.12. The van der Waals surface area contributed by atoms with E-state index in [0.717, 1.165) is 57.4 Å². The van der Waals surface area contributed by atoms with Gasteiger partial charge in [-0.1, -0.05) is 6.42 Å². The van der Waals surface area contributed by atoms with Crippen LogP contribution in [0.3, 0.4) is 0 Å². The van der Waals surface area contributed by atoms with Gasteiger partial charge in [0.2, 0.25) is 11.8 Å². The zero-order chi connectivity index (χ0) is 16.9. The van der Waals surface area contributed by atoms with Crippen LogP contribution in [-0.2, 0) is 29.1 Å². The fourth-order valence-corrected chi connectivity index (χ4v) is 3.35. The Morgan fingerprint density at radius 1 is 1.04 bits per heavy atom. The molecule has 3 heterocycles. The Morgan fingerprint density at radius 3 is 2.58 bits per heavy atom. The fraction of sp³-hybridized carbons (Fsp3) is 0.750. The number of aryl methyl sites for hydroxylation is 1. The maximum absolute atomic E-state index is 12.3. The number of carbonyl (C=O) groups is 2. The van der Waals surface area contributed by atoms with Crippen LogP contribution in [0.4, 0.5) is 0 Å². The van der Waals surface area contributed by atoms with E-state index in [9.17, 15) is 14.4 Å². The topological polar surface area (TPSA) is 89.2 Å². The fourth-order valence-electron chi connectivity index (χ4n) is 3.35. The van der Waals surface area contributed by atoms with Gasteiger partial charge in [0.1, 0.15) is 12.4 Å². The van der Waals surface area contributed by atoms with Crippen molar-refractivity contribution < 1.29 is 9.59 Å². The lowest BCUT2D eigenvalue weighted by atomic mass is 10.2. The molecule has 3 rings (SSSR count). The second-order valence-corrected chi connectivity index (χ2v) is 6.51. The lowest BCUT2D eigenvalue weighted by Gasteiger charge is -2.15. The van der Waals surface area contributed by atoms with E-state index in [-0.39, 0.29) is 24.0 Å². The molecule has 1 N–H and O–H groups in total. The number of amides is 2. The SMILES string of the molecule is O=C(Cn1nc2n(c1=O)CCCCC2)NCCC(=O)N1CCCC1. The first kappa shape index (κ1) is 16.7. The highest BCUT2D eigenvalue weighted by molar-refractivity contribution is 5.79. The van der Waals surface area contributed by atoms with Crippen LogP contribution < -0.4 is 11.0 Å². The van der Waals surface area contributed by atoms with Gasteiger partial charge in [-0.15, -0.1) is 0 Å². The zero-order valence-corrected chi connectivity index (χ0v) is 14.0. The van der Waals surface area contributed by atoms with E-state index in [1.807, 2.05) is 4.90 Å². The summed E-state index contributed by atoms with van der Waals surface area (Å²) in [7, 11) is 0. The molecule has 0 aromatic carbocycles. The van der Waals surface area contributed by atoms with Crippen molar-refractivity contribution in [1.82, 2.24) is 24.6 Å². The van der Waals surface area contributed by atoms with E-state index in [2.05, 4.69) is 10.4 Å². The van der Waals surface area contributed by atoms with Crippen LogP contribution in [0.5, 0.6) is 0 Å². The van der Waals surface area contributed by atoms with Crippen molar-refractivity contribution in [1.29, 1.82) is 0 Å². The van der Waals surface area contributed by atoms with Crippen molar-refractivity contribution in [2.45, 2.75) is 58.0 Å². The first-order chi connectivity index (χ1) is 11.6. The Bertz CT molecular complexity index is 657. The highest BCUT2D eigenvalue weighted by Gasteiger charge is 2.19. The monoisotopic (exact) mass is 335 g/mol. The molecule has 1 aromatic heterocycles. The summed E-state index contributed by atoms with van der Waals surface area (Å²) < 4.78 is 2.91. The number of likely N-dealkylation sites (tertiary alicyclic amines) is 1. The molecule has 2 amide bonds. The summed E-state index contributed by atoms with van der Waals surface area (Å²) in [6, 6.07) is 0. The van der Waals surface area contributed by atoms with Crippen LogP contribution >= 0.6 is 0 Å². The number of hydrogen-bond acceptors (Lipinski definition) is 4. The number of fused-ring (bicyclic) bond motifs is 1. The molecule has 2 aliphatic heterocycles. The molecular weight excluding hydrogens is 310 g/mol. The molecule has 0 saturated carbocycles. The lowest BCUT2D eigenvalue weighted by Crippen LogP contribution is -2.36. The summed E-state index contributed by atoms with van der Waals surface area (Å²) in [5.74, 6) is 0.577. The highest BCUT2D eigenvalue weighted by atomic mass is 16.2. The third kappa shape index (κ3) is 3.85. The molecule has 0 atom stereocenters. The van der Waals surface area contributed by atoms with Crippen molar-refractivity contribution in [2.75, 3.05) is 19.6 Å². The molecule has 0 aliphatic carbocycles. The maximum atomic E-state index is 12.3. The van der Waals surface area contributed by atoms with E-state index in [0.29, 0.717) is 19.5 Å². The van der Waals surface area contributed by atoms with Crippen LogP contribution in [0.2, 0.25) is 0 Å². The number of hydrogen-bond donors (Lipinski definition) is 1. The standard InChI is InChI=1S/C16H25N5O3/c22-14(17-8-7-15(23)19-9-4-5-10-19)12-21-16(24)20-11-3-1-2-6-13(20)18-21/h1-12H2,(H,17,22). The molecule has 0 bridgehead atoms. The predicted octanol–water partition coefficient (Wildman–Crippen LogP) is -0.100. The lowest BCUT2D eigenvalue weighted by molar-refractivity contribution is -0.130. The van der Waals surface area contributed by atoms with Gasteiger partial charge >= 0.3 is 5.69 Å². The third-order valence-corrected chi connectivity index (χ3v) is 4.69. The van der Waals surface area contributed by atoms with E-state index >= 15 is 0 Å². The van der Waals surface area contributed by atoms with Gasteiger partial charge in [0, 0.05) is 39.0 Å². The Balaban J connectivity index is 1.48. The molecule has 1 fully saturated rings. The molecule has 1 saturated heterocycles. The minimum atomic E-state index is -0.278. The van der Waals surface area contributed by atoms with Crippen LogP contribution in [0, 0.1) is 0 Å².